The van der Waals surface area contributed by atoms with E-state index >= 15 is 0 Å². The smallest absolute Gasteiger partial charge is 0.383 e. The molecule has 0 aliphatic carbocycles. The third-order valence-corrected chi connectivity index (χ3v) is 6.40. The molecule has 1 aromatic carbocycles. The van der Waals surface area contributed by atoms with Gasteiger partial charge in [0.25, 0.3) is 0 Å². The molecule has 0 heterocycles. The Kier molecular flexibility index (Phi) is 9.56. The van der Waals surface area contributed by atoms with Crippen molar-refractivity contribution in [1.82, 2.24) is 10.0 Å². The predicted molar refractivity (Wildman–Crippen MR) is 116 cm³/mol. The lowest BCUT2D eigenvalue weighted by Gasteiger charge is -2.20. The van der Waals surface area contributed by atoms with Crippen LogP contribution in [0.25, 0.3) is 0 Å². The zero-order chi connectivity index (χ0) is 23.9. The molecule has 0 aliphatic rings. The first-order valence-corrected chi connectivity index (χ1v) is 11.6. The Balaban J connectivity index is 3.03. The molecule has 176 valence electrons. The number of amides is 1. The first-order valence-electron chi connectivity index (χ1n) is 10.1. The van der Waals surface area contributed by atoms with Gasteiger partial charge in [0.15, 0.2) is 0 Å². The molecule has 0 radical (unpaired) electrons. The number of carbonyl (C=O) groups is 1. The lowest BCUT2D eigenvalue weighted by molar-refractivity contribution is -0.137. The number of carbonyl (C=O) groups excluding carboxylic acids is 1. The van der Waals surface area contributed by atoms with Crippen molar-refractivity contribution in [3.8, 4) is 0 Å². The quantitative estimate of drug-likeness (QED) is 0.403. The van der Waals surface area contributed by atoms with Crippen LogP contribution in [0.15, 0.2) is 35.7 Å². The average molecular weight is 464 g/mol. The van der Waals surface area contributed by atoms with E-state index in [1.807, 2.05) is 27.7 Å². The second kappa shape index (κ2) is 11.0. The number of nitrogens with one attached hydrogen (secondary N) is 3. The maximum Gasteiger partial charge on any atom is 0.416 e. The Morgan fingerprint density at radius 1 is 1.23 bits per heavy atom. The molecule has 1 rings (SSSR count). The first kappa shape index (κ1) is 27.0. The summed E-state index contributed by atoms with van der Waals surface area (Å²) in [5.74, 6) is -0.233. The highest BCUT2D eigenvalue weighted by molar-refractivity contribution is 7.89. The second-order valence-electron chi connectivity index (χ2n) is 8.10. The van der Waals surface area contributed by atoms with Crippen LogP contribution in [-0.4, -0.2) is 33.5 Å². The lowest BCUT2D eigenvalue weighted by atomic mass is 9.90. The summed E-state index contributed by atoms with van der Waals surface area (Å²) in [4.78, 5) is 11.4. The van der Waals surface area contributed by atoms with Crippen molar-refractivity contribution < 1.29 is 26.4 Å². The van der Waals surface area contributed by atoms with Crippen molar-refractivity contribution in [3.05, 3.63) is 36.4 Å². The molecule has 0 saturated heterocycles. The van der Waals surface area contributed by atoms with Crippen LogP contribution in [0.3, 0.4) is 0 Å². The van der Waals surface area contributed by atoms with Crippen molar-refractivity contribution in [3.63, 3.8) is 0 Å². The molecule has 1 amide bonds. The number of hydrogen-bond donors (Lipinski definition) is 3. The van der Waals surface area contributed by atoms with E-state index in [1.54, 1.807) is 6.08 Å². The van der Waals surface area contributed by atoms with E-state index < -0.39 is 26.7 Å². The molecule has 0 spiro atoms. The number of anilines is 1. The Bertz CT molecular complexity index is 868. The molecule has 3 N–H and O–H groups in total. The molecule has 10 heteroatoms. The van der Waals surface area contributed by atoms with Gasteiger partial charge in [-0.3, -0.25) is 4.79 Å². The van der Waals surface area contributed by atoms with E-state index in [-0.39, 0.29) is 42.6 Å². The van der Waals surface area contributed by atoms with Crippen LogP contribution in [0.2, 0.25) is 0 Å². The average Bonchev–Trinajstić information content (AvgIpc) is 2.66. The van der Waals surface area contributed by atoms with Gasteiger partial charge in [-0.2, -0.15) is 13.2 Å². The van der Waals surface area contributed by atoms with E-state index in [0.29, 0.717) is 12.5 Å². The third-order valence-electron chi connectivity index (χ3n) is 4.90. The molecule has 1 atom stereocenters. The predicted octanol–water partition coefficient (Wildman–Crippen LogP) is 4.30. The summed E-state index contributed by atoms with van der Waals surface area (Å²) in [7, 11) is -4.23. The van der Waals surface area contributed by atoms with Crippen molar-refractivity contribution in [2.75, 3.05) is 18.4 Å². The standard InChI is InChI=1S/C21H32F3N3O3S/c1-6-15(3)27-19(28)10-12-25-17-9-8-16(21(22,23)24)14-18(17)31(29,30)26-13-11-20(4,5)7-2/h7-9,14-15,25-26H,2,6,10-13H2,1,3-5H3,(H,27,28). The van der Waals surface area contributed by atoms with Crippen molar-refractivity contribution in [1.29, 1.82) is 0 Å². The summed E-state index contributed by atoms with van der Waals surface area (Å²) in [6, 6.07) is 2.47. The van der Waals surface area contributed by atoms with Crippen molar-refractivity contribution in [2.24, 2.45) is 5.41 Å². The van der Waals surface area contributed by atoms with Gasteiger partial charge in [-0.15, -0.1) is 6.58 Å². The number of rotatable bonds is 12. The zero-order valence-corrected chi connectivity index (χ0v) is 19.2. The minimum absolute atomic E-state index is 0.000166. The summed E-state index contributed by atoms with van der Waals surface area (Å²) in [6.07, 6.45) is -1.78. The van der Waals surface area contributed by atoms with Gasteiger partial charge in [-0.05, 0) is 43.4 Å². The fourth-order valence-corrected chi connectivity index (χ4v) is 3.75. The number of sulfonamides is 1. The lowest BCUT2D eigenvalue weighted by Crippen LogP contribution is -2.33. The van der Waals surface area contributed by atoms with Gasteiger partial charge in [0.1, 0.15) is 4.90 Å². The highest BCUT2D eigenvalue weighted by atomic mass is 32.2. The van der Waals surface area contributed by atoms with Crippen LogP contribution in [-0.2, 0) is 21.0 Å². The zero-order valence-electron chi connectivity index (χ0n) is 18.4. The highest BCUT2D eigenvalue weighted by Crippen LogP contribution is 2.33. The summed E-state index contributed by atoms with van der Waals surface area (Å²) >= 11 is 0. The van der Waals surface area contributed by atoms with Gasteiger partial charge in [0, 0.05) is 25.6 Å². The molecule has 0 fully saturated rings. The van der Waals surface area contributed by atoms with E-state index in [9.17, 15) is 26.4 Å². The monoisotopic (exact) mass is 463 g/mol. The first-order chi connectivity index (χ1) is 14.2. The second-order valence-corrected chi connectivity index (χ2v) is 9.84. The molecule has 1 aromatic rings. The minimum Gasteiger partial charge on any atom is -0.383 e. The molecule has 6 nitrogen and oxygen atoms in total. The van der Waals surface area contributed by atoms with Gasteiger partial charge < -0.3 is 10.6 Å². The van der Waals surface area contributed by atoms with Crippen molar-refractivity contribution >= 4 is 21.6 Å². The van der Waals surface area contributed by atoms with Gasteiger partial charge in [0.05, 0.1) is 11.3 Å². The minimum atomic E-state index is -4.69. The Hall–Kier alpha value is -2.07. The number of hydrogen-bond acceptors (Lipinski definition) is 4. The molecular formula is C21H32F3N3O3S. The van der Waals surface area contributed by atoms with Gasteiger partial charge in [0.2, 0.25) is 15.9 Å². The topological polar surface area (TPSA) is 87.3 Å². The summed E-state index contributed by atoms with van der Waals surface area (Å²) in [6.45, 7) is 11.3. The van der Waals surface area contributed by atoms with Gasteiger partial charge in [-0.1, -0.05) is 26.8 Å². The number of benzene rings is 1. The number of halogens is 3. The summed E-state index contributed by atoms with van der Waals surface area (Å²) in [5, 5.41) is 5.55. The molecule has 0 saturated carbocycles. The Labute approximate surface area is 182 Å². The Morgan fingerprint density at radius 3 is 2.42 bits per heavy atom. The van der Waals surface area contributed by atoms with Crippen LogP contribution < -0.4 is 15.4 Å². The highest BCUT2D eigenvalue weighted by Gasteiger charge is 2.33. The normalized spacial score (nSPS) is 13.5. The van der Waals surface area contributed by atoms with Crippen LogP contribution in [0, 0.1) is 5.41 Å². The van der Waals surface area contributed by atoms with E-state index in [0.717, 1.165) is 18.6 Å². The summed E-state index contributed by atoms with van der Waals surface area (Å²) in [5.41, 5.74) is -1.40. The Morgan fingerprint density at radius 2 is 1.87 bits per heavy atom. The molecule has 0 bridgehead atoms. The van der Waals surface area contributed by atoms with E-state index in [2.05, 4.69) is 21.9 Å². The van der Waals surface area contributed by atoms with Crippen molar-refractivity contribution in [2.45, 2.75) is 64.1 Å². The van der Waals surface area contributed by atoms with Crippen LogP contribution in [0.1, 0.15) is 52.5 Å². The third kappa shape index (κ3) is 8.90. The number of alkyl halides is 3. The van der Waals surface area contributed by atoms with Crippen LogP contribution in [0.5, 0.6) is 0 Å². The SMILES string of the molecule is C=CC(C)(C)CCNS(=O)(=O)c1cc(C(F)(F)F)ccc1NCCC(=O)NC(C)CC. The van der Waals surface area contributed by atoms with Crippen LogP contribution in [0.4, 0.5) is 18.9 Å². The molecule has 31 heavy (non-hydrogen) atoms. The molecule has 0 aromatic heterocycles. The van der Waals surface area contributed by atoms with Gasteiger partial charge >= 0.3 is 6.18 Å². The summed E-state index contributed by atoms with van der Waals surface area (Å²) < 4.78 is 67.3. The number of allylic oxidation sites excluding steroid dienone is 1. The fraction of sp³-hybridized carbons (Fsp3) is 0.571. The molecule has 1 unspecified atom stereocenters. The van der Waals surface area contributed by atoms with Gasteiger partial charge in [-0.25, -0.2) is 13.1 Å². The van der Waals surface area contributed by atoms with Crippen LogP contribution >= 0.6 is 0 Å². The van der Waals surface area contributed by atoms with E-state index in [4.69, 9.17) is 0 Å². The molecular weight excluding hydrogens is 431 g/mol. The largest absolute Gasteiger partial charge is 0.416 e. The molecule has 0 aliphatic heterocycles. The van der Waals surface area contributed by atoms with E-state index in [1.165, 1.54) is 0 Å². The maximum atomic E-state index is 13.2. The maximum absolute atomic E-state index is 13.2. The fourth-order valence-electron chi connectivity index (χ4n) is 2.51.